The van der Waals surface area contributed by atoms with Crippen LogP contribution in [0.25, 0.3) is 0 Å². The summed E-state index contributed by atoms with van der Waals surface area (Å²) in [6, 6.07) is 0. The smallest absolute Gasteiger partial charge is 0.0731 e. The third-order valence-electron chi connectivity index (χ3n) is 1.67. The molecule has 1 aliphatic rings. The second-order valence-corrected chi connectivity index (χ2v) is 2.54. The second-order valence-electron chi connectivity index (χ2n) is 2.54. The Morgan fingerprint density at radius 2 is 2.44 bits per heavy atom. The van der Waals surface area contributed by atoms with E-state index in [4.69, 9.17) is 4.74 Å². The summed E-state index contributed by atoms with van der Waals surface area (Å²) in [7, 11) is 0. The lowest BCUT2D eigenvalue weighted by molar-refractivity contribution is 0.0139. The lowest BCUT2D eigenvalue weighted by atomic mass is 10.1. The predicted octanol–water partition coefficient (Wildman–Crippen LogP) is 2.13. The average molecular weight is 126 g/mol. The van der Waals surface area contributed by atoms with Crippen molar-refractivity contribution in [1.82, 2.24) is 0 Å². The summed E-state index contributed by atoms with van der Waals surface area (Å²) < 4.78 is 5.55. The molecule has 0 N–H and O–H groups in total. The maximum Gasteiger partial charge on any atom is 0.0731 e. The fourth-order valence-corrected chi connectivity index (χ4v) is 1.09. The van der Waals surface area contributed by atoms with Crippen LogP contribution in [0, 0.1) is 0 Å². The summed E-state index contributed by atoms with van der Waals surface area (Å²) in [5, 5.41) is 0. The van der Waals surface area contributed by atoms with Crippen LogP contribution in [0.5, 0.6) is 0 Å². The Bertz CT molecular complexity index is 107. The van der Waals surface area contributed by atoms with Crippen molar-refractivity contribution in [2.24, 2.45) is 0 Å². The summed E-state index contributed by atoms with van der Waals surface area (Å²) in [6.07, 6.45) is 7.37. The number of hydrogen-bond donors (Lipinski definition) is 0. The molecule has 0 bridgehead atoms. The van der Waals surface area contributed by atoms with E-state index in [0.29, 0.717) is 12.2 Å². The zero-order valence-electron chi connectivity index (χ0n) is 6.13. The van der Waals surface area contributed by atoms with Crippen LogP contribution in [0.2, 0.25) is 0 Å². The molecule has 0 saturated carbocycles. The van der Waals surface area contributed by atoms with E-state index in [1.165, 1.54) is 0 Å². The topological polar surface area (TPSA) is 9.23 Å². The molecule has 0 aromatic rings. The van der Waals surface area contributed by atoms with Crippen LogP contribution < -0.4 is 0 Å². The number of ether oxygens (including phenoxy) is 1. The van der Waals surface area contributed by atoms with Crippen molar-refractivity contribution < 1.29 is 4.74 Å². The van der Waals surface area contributed by atoms with Crippen molar-refractivity contribution >= 4 is 0 Å². The standard InChI is InChI=1S/C8H14O/c1-3-8-6-4-5-7(2)9-8/h4-5,7-8H,3,6H2,1-2H3/t7-,8-/m1/s1. The Balaban J connectivity index is 2.38. The number of rotatable bonds is 1. The van der Waals surface area contributed by atoms with Gasteiger partial charge in [-0.1, -0.05) is 19.1 Å². The Morgan fingerprint density at radius 1 is 1.67 bits per heavy atom. The van der Waals surface area contributed by atoms with E-state index >= 15 is 0 Å². The molecule has 2 atom stereocenters. The van der Waals surface area contributed by atoms with Crippen LogP contribution >= 0.6 is 0 Å². The van der Waals surface area contributed by atoms with Gasteiger partial charge >= 0.3 is 0 Å². The van der Waals surface area contributed by atoms with E-state index in [9.17, 15) is 0 Å². The highest BCUT2D eigenvalue weighted by Gasteiger charge is 2.11. The predicted molar refractivity (Wildman–Crippen MR) is 38.4 cm³/mol. The van der Waals surface area contributed by atoms with E-state index in [0.717, 1.165) is 12.8 Å². The van der Waals surface area contributed by atoms with Crippen LogP contribution in [0.1, 0.15) is 26.7 Å². The zero-order valence-corrected chi connectivity index (χ0v) is 6.13. The fourth-order valence-electron chi connectivity index (χ4n) is 1.09. The van der Waals surface area contributed by atoms with E-state index in [1.54, 1.807) is 0 Å². The molecule has 0 unspecified atom stereocenters. The third kappa shape index (κ3) is 1.83. The van der Waals surface area contributed by atoms with Gasteiger partial charge in [-0.15, -0.1) is 0 Å². The van der Waals surface area contributed by atoms with Crippen molar-refractivity contribution in [3.8, 4) is 0 Å². The molecule has 1 heteroatoms. The summed E-state index contributed by atoms with van der Waals surface area (Å²) in [6.45, 7) is 4.24. The summed E-state index contributed by atoms with van der Waals surface area (Å²) in [4.78, 5) is 0. The molecule has 0 spiro atoms. The first-order valence-corrected chi connectivity index (χ1v) is 3.65. The third-order valence-corrected chi connectivity index (χ3v) is 1.67. The summed E-state index contributed by atoms with van der Waals surface area (Å²) in [5.41, 5.74) is 0. The molecule has 52 valence electrons. The summed E-state index contributed by atoms with van der Waals surface area (Å²) in [5.74, 6) is 0. The van der Waals surface area contributed by atoms with Gasteiger partial charge in [0.2, 0.25) is 0 Å². The Labute approximate surface area is 56.7 Å². The largest absolute Gasteiger partial charge is 0.371 e. The van der Waals surface area contributed by atoms with E-state index in [1.807, 2.05) is 0 Å². The molecule has 0 aliphatic carbocycles. The van der Waals surface area contributed by atoms with Crippen molar-refractivity contribution in [2.75, 3.05) is 0 Å². The van der Waals surface area contributed by atoms with E-state index < -0.39 is 0 Å². The first-order valence-electron chi connectivity index (χ1n) is 3.65. The second kappa shape index (κ2) is 3.02. The SMILES string of the molecule is CC[C@@H]1CC=C[C@@H](C)O1. The Morgan fingerprint density at radius 3 is 2.89 bits per heavy atom. The van der Waals surface area contributed by atoms with Crippen molar-refractivity contribution in [3.63, 3.8) is 0 Å². The van der Waals surface area contributed by atoms with E-state index in [2.05, 4.69) is 26.0 Å². The van der Waals surface area contributed by atoms with Crippen LogP contribution in [-0.4, -0.2) is 12.2 Å². The molecule has 0 aromatic heterocycles. The van der Waals surface area contributed by atoms with Gasteiger partial charge in [-0.25, -0.2) is 0 Å². The lowest BCUT2D eigenvalue weighted by Gasteiger charge is -2.21. The van der Waals surface area contributed by atoms with Crippen molar-refractivity contribution in [3.05, 3.63) is 12.2 Å². The summed E-state index contributed by atoms with van der Waals surface area (Å²) >= 11 is 0. The van der Waals surface area contributed by atoms with Crippen molar-refractivity contribution in [1.29, 1.82) is 0 Å². The van der Waals surface area contributed by atoms with Gasteiger partial charge in [0.05, 0.1) is 12.2 Å². The molecular weight excluding hydrogens is 112 g/mol. The molecule has 0 fully saturated rings. The van der Waals surface area contributed by atoms with Gasteiger partial charge in [0.15, 0.2) is 0 Å². The minimum Gasteiger partial charge on any atom is -0.371 e. The average Bonchev–Trinajstić information content (AvgIpc) is 1.88. The minimum absolute atomic E-state index is 0.337. The molecule has 1 aliphatic heterocycles. The highest BCUT2D eigenvalue weighted by Crippen LogP contribution is 2.13. The van der Waals surface area contributed by atoms with Crippen LogP contribution in [0.15, 0.2) is 12.2 Å². The lowest BCUT2D eigenvalue weighted by Crippen LogP contribution is -2.20. The van der Waals surface area contributed by atoms with Gasteiger partial charge in [0.1, 0.15) is 0 Å². The van der Waals surface area contributed by atoms with Gasteiger partial charge in [-0.3, -0.25) is 0 Å². The molecule has 9 heavy (non-hydrogen) atoms. The Kier molecular flexibility index (Phi) is 2.29. The van der Waals surface area contributed by atoms with Crippen LogP contribution in [-0.2, 0) is 4.74 Å². The van der Waals surface area contributed by atoms with Crippen LogP contribution in [0.3, 0.4) is 0 Å². The van der Waals surface area contributed by atoms with Gasteiger partial charge < -0.3 is 4.74 Å². The molecule has 0 saturated heterocycles. The van der Waals surface area contributed by atoms with Gasteiger partial charge in [0, 0.05) is 0 Å². The highest BCUT2D eigenvalue weighted by molar-refractivity contribution is 4.93. The van der Waals surface area contributed by atoms with Gasteiger partial charge in [-0.2, -0.15) is 0 Å². The maximum absolute atomic E-state index is 5.55. The molecule has 1 rings (SSSR count). The Hall–Kier alpha value is -0.300. The fraction of sp³-hybridized carbons (Fsp3) is 0.750. The zero-order chi connectivity index (χ0) is 6.69. The van der Waals surface area contributed by atoms with Gasteiger partial charge in [-0.05, 0) is 19.8 Å². The monoisotopic (exact) mass is 126 g/mol. The molecule has 1 nitrogen and oxygen atoms in total. The normalized spacial score (nSPS) is 34.9. The highest BCUT2D eigenvalue weighted by atomic mass is 16.5. The number of hydrogen-bond acceptors (Lipinski definition) is 1. The maximum atomic E-state index is 5.55. The molecular formula is C8H14O. The molecule has 1 heterocycles. The van der Waals surface area contributed by atoms with Crippen molar-refractivity contribution in [2.45, 2.75) is 38.9 Å². The molecule has 0 radical (unpaired) electrons. The van der Waals surface area contributed by atoms with Gasteiger partial charge in [0.25, 0.3) is 0 Å². The first kappa shape index (κ1) is 6.81. The quantitative estimate of drug-likeness (QED) is 0.489. The molecule has 0 amide bonds. The first-order chi connectivity index (χ1) is 4.33. The van der Waals surface area contributed by atoms with Crippen LogP contribution in [0.4, 0.5) is 0 Å². The minimum atomic E-state index is 0.337. The van der Waals surface area contributed by atoms with E-state index in [-0.39, 0.29) is 0 Å². The molecule has 0 aromatic carbocycles.